The summed E-state index contributed by atoms with van der Waals surface area (Å²) in [4.78, 5) is 0. The maximum Gasteiger partial charge on any atom is 0.138 e. The van der Waals surface area contributed by atoms with Gasteiger partial charge >= 0.3 is 0 Å². The number of hydrogen-bond donors (Lipinski definition) is 0. The highest BCUT2D eigenvalue weighted by Gasteiger charge is 2.07. The topological polar surface area (TPSA) is 42.2 Å². The molecule has 0 fully saturated rings. The average Bonchev–Trinajstić information content (AvgIpc) is 2.46. The lowest BCUT2D eigenvalue weighted by atomic mass is 10.1. The Hall–Kier alpha value is -2.18. The number of benzene rings is 2. The lowest BCUT2D eigenvalue weighted by Gasteiger charge is -2.12. The summed E-state index contributed by atoms with van der Waals surface area (Å²) in [6.45, 7) is 2.37. The van der Waals surface area contributed by atoms with Gasteiger partial charge in [0, 0.05) is 5.56 Å². The predicted octanol–water partition coefficient (Wildman–Crippen LogP) is 4.11. The maximum atomic E-state index is 8.79. The number of nitrogens with zero attached hydrogens (tertiary/aromatic N) is 1. The van der Waals surface area contributed by atoms with E-state index in [9.17, 15) is 0 Å². The Morgan fingerprint density at radius 3 is 2.55 bits per heavy atom. The van der Waals surface area contributed by atoms with Crippen LogP contribution in [0.3, 0.4) is 0 Å². The average molecular weight is 288 g/mol. The zero-order valence-corrected chi connectivity index (χ0v) is 12.1. The van der Waals surface area contributed by atoms with Gasteiger partial charge in [-0.2, -0.15) is 5.26 Å². The number of hydrogen-bond acceptors (Lipinski definition) is 3. The highest BCUT2D eigenvalue weighted by atomic mass is 35.5. The van der Waals surface area contributed by atoms with E-state index < -0.39 is 0 Å². The van der Waals surface area contributed by atoms with Crippen molar-refractivity contribution < 1.29 is 9.47 Å². The number of methoxy groups -OCH3 is 1. The van der Waals surface area contributed by atoms with Crippen LogP contribution in [0.1, 0.15) is 16.7 Å². The third kappa shape index (κ3) is 3.23. The van der Waals surface area contributed by atoms with Gasteiger partial charge in [0.25, 0.3) is 0 Å². The first-order valence-electron chi connectivity index (χ1n) is 6.10. The van der Waals surface area contributed by atoms with Crippen molar-refractivity contribution in [3.63, 3.8) is 0 Å². The van der Waals surface area contributed by atoms with Crippen molar-refractivity contribution in [2.45, 2.75) is 13.5 Å². The summed E-state index contributed by atoms with van der Waals surface area (Å²) in [5.74, 6) is 1.33. The number of nitriles is 1. The zero-order chi connectivity index (χ0) is 14.5. The first kappa shape index (κ1) is 14.2. The Morgan fingerprint density at radius 2 is 1.90 bits per heavy atom. The van der Waals surface area contributed by atoms with Gasteiger partial charge in [-0.3, -0.25) is 0 Å². The minimum Gasteiger partial charge on any atom is -0.496 e. The third-order valence-electron chi connectivity index (χ3n) is 2.88. The molecule has 0 aromatic heterocycles. The van der Waals surface area contributed by atoms with Crippen LogP contribution in [0.5, 0.6) is 11.5 Å². The van der Waals surface area contributed by atoms with Crippen LogP contribution in [0.25, 0.3) is 0 Å². The Kier molecular flexibility index (Phi) is 4.49. The molecule has 0 bridgehead atoms. The summed E-state index contributed by atoms with van der Waals surface area (Å²) in [5.41, 5.74) is 2.60. The van der Waals surface area contributed by atoms with Crippen LogP contribution >= 0.6 is 11.6 Å². The Bertz CT molecular complexity index is 662. The molecule has 2 aromatic carbocycles. The van der Waals surface area contributed by atoms with Gasteiger partial charge in [-0.25, -0.2) is 0 Å². The monoisotopic (exact) mass is 287 g/mol. The van der Waals surface area contributed by atoms with E-state index in [4.69, 9.17) is 26.3 Å². The minimum absolute atomic E-state index is 0.358. The zero-order valence-electron chi connectivity index (χ0n) is 11.3. The Morgan fingerprint density at radius 1 is 1.15 bits per heavy atom. The van der Waals surface area contributed by atoms with E-state index in [2.05, 4.69) is 0 Å². The van der Waals surface area contributed by atoms with Crippen molar-refractivity contribution in [3.8, 4) is 17.6 Å². The van der Waals surface area contributed by atoms with Gasteiger partial charge in [-0.15, -0.1) is 0 Å². The fraction of sp³-hybridized carbons (Fsp3) is 0.188. The molecule has 0 saturated heterocycles. The Balaban J connectivity index is 2.17. The summed E-state index contributed by atoms with van der Waals surface area (Å²) in [7, 11) is 1.63. The van der Waals surface area contributed by atoms with Gasteiger partial charge in [-0.05, 0) is 37.3 Å². The molecule has 0 aliphatic rings. The highest BCUT2D eigenvalue weighted by Crippen LogP contribution is 2.27. The van der Waals surface area contributed by atoms with E-state index in [-0.39, 0.29) is 0 Å². The minimum atomic E-state index is 0.358. The number of rotatable bonds is 4. The van der Waals surface area contributed by atoms with Gasteiger partial charge in [-0.1, -0.05) is 23.2 Å². The van der Waals surface area contributed by atoms with Crippen LogP contribution in [0.4, 0.5) is 0 Å². The third-order valence-corrected chi connectivity index (χ3v) is 3.18. The highest BCUT2D eigenvalue weighted by molar-refractivity contribution is 6.32. The largest absolute Gasteiger partial charge is 0.496 e. The second kappa shape index (κ2) is 6.31. The van der Waals surface area contributed by atoms with Crippen molar-refractivity contribution in [3.05, 3.63) is 58.1 Å². The molecule has 0 saturated carbocycles. The first-order valence-corrected chi connectivity index (χ1v) is 6.48. The van der Waals surface area contributed by atoms with Crippen molar-refractivity contribution >= 4 is 11.6 Å². The van der Waals surface area contributed by atoms with E-state index in [1.54, 1.807) is 25.3 Å². The molecule has 2 aromatic rings. The number of aryl methyl sites for hydroxylation is 1. The standard InChI is InChI=1S/C16H14ClNO2/c1-11-3-5-15(19-2)13(7-11)10-20-16-6-4-12(9-18)8-14(16)17/h3-8H,10H2,1-2H3. The number of ether oxygens (including phenoxy) is 2. The molecule has 0 amide bonds. The van der Waals surface area contributed by atoms with Gasteiger partial charge in [0.05, 0.1) is 23.8 Å². The lowest BCUT2D eigenvalue weighted by molar-refractivity contribution is 0.296. The predicted molar refractivity (Wildman–Crippen MR) is 78.2 cm³/mol. The SMILES string of the molecule is COc1ccc(C)cc1COc1ccc(C#N)cc1Cl. The van der Waals surface area contributed by atoms with Gasteiger partial charge in [0.15, 0.2) is 0 Å². The fourth-order valence-electron chi connectivity index (χ4n) is 1.86. The molecule has 4 heteroatoms. The van der Waals surface area contributed by atoms with Crippen LogP contribution < -0.4 is 9.47 Å². The molecule has 0 aliphatic carbocycles. The molecule has 102 valence electrons. The summed E-state index contributed by atoms with van der Waals surface area (Å²) < 4.78 is 11.0. The smallest absolute Gasteiger partial charge is 0.138 e. The molecule has 0 atom stereocenters. The van der Waals surface area contributed by atoms with E-state index >= 15 is 0 Å². The summed E-state index contributed by atoms with van der Waals surface area (Å²) in [6.07, 6.45) is 0. The van der Waals surface area contributed by atoms with E-state index in [0.29, 0.717) is 22.9 Å². The Labute approximate surface area is 123 Å². The quantitative estimate of drug-likeness (QED) is 0.850. The van der Waals surface area contributed by atoms with Crippen LogP contribution in [0.2, 0.25) is 5.02 Å². The summed E-state index contributed by atoms with van der Waals surface area (Å²) >= 11 is 6.07. The molecule has 0 radical (unpaired) electrons. The van der Waals surface area contributed by atoms with Gasteiger partial charge < -0.3 is 9.47 Å². The molecule has 0 aliphatic heterocycles. The van der Waals surface area contributed by atoms with Crippen molar-refractivity contribution in [1.29, 1.82) is 5.26 Å². The number of halogens is 1. The summed E-state index contributed by atoms with van der Waals surface area (Å²) in [6, 6.07) is 12.9. The molecular formula is C16H14ClNO2. The first-order chi connectivity index (χ1) is 9.63. The second-order valence-corrected chi connectivity index (χ2v) is 4.77. The van der Waals surface area contributed by atoms with E-state index in [0.717, 1.165) is 16.9 Å². The van der Waals surface area contributed by atoms with Crippen LogP contribution in [0.15, 0.2) is 36.4 Å². The molecule has 3 nitrogen and oxygen atoms in total. The second-order valence-electron chi connectivity index (χ2n) is 4.36. The van der Waals surface area contributed by atoms with Crippen molar-refractivity contribution in [2.75, 3.05) is 7.11 Å². The molecule has 0 N–H and O–H groups in total. The molecule has 0 unspecified atom stereocenters. The van der Waals surface area contributed by atoms with E-state index in [1.165, 1.54) is 0 Å². The van der Waals surface area contributed by atoms with Crippen molar-refractivity contribution in [1.82, 2.24) is 0 Å². The molecule has 2 rings (SSSR count). The molecular weight excluding hydrogens is 274 g/mol. The summed E-state index contributed by atoms with van der Waals surface area (Å²) in [5, 5.41) is 9.22. The molecule has 20 heavy (non-hydrogen) atoms. The van der Waals surface area contributed by atoms with Crippen molar-refractivity contribution in [2.24, 2.45) is 0 Å². The lowest BCUT2D eigenvalue weighted by Crippen LogP contribution is -1.99. The van der Waals surface area contributed by atoms with Crippen LogP contribution in [0, 0.1) is 18.3 Å². The molecule has 0 spiro atoms. The van der Waals surface area contributed by atoms with Gasteiger partial charge in [0.1, 0.15) is 18.1 Å². The van der Waals surface area contributed by atoms with Crippen LogP contribution in [-0.2, 0) is 6.61 Å². The molecule has 0 heterocycles. The maximum absolute atomic E-state index is 8.79. The normalized spacial score (nSPS) is 9.90. The van der Waals surface area contributed by atoms with Crippen LogP contribution in [-0.4, -0.2) is 7.11 Å². The van der Waals surface area contributed by atoms with Gasteiger partial charge in [0.2, 0.25) is 0 Å². The fourth-order valence-corrected chi connectivity index (χ4v) is 2.10. The van der Waals surface area contributed by atoms with E-state index in [1.807, 2.05) is 31.2 Å².